The molecule has 8 rings (SSSR count). The summed E-state index contributed by atoms with van der Waals surface area (Å²) in [5, 5.41) is 2.53. The second-order valence-corrected chi connectivity index (χ2v) is 10.4. The molecule has 1 aromatic heterocycles. The van der Waals surface area contributed by atoms with Crippen molar-refractivity contribution in [3.8, 4) is 27.9 Å². The molecule has 0 saturated carbocycles. The molecule has 2 heterocycles. The molecule has 6 aromatic carbocycles. The van der Waals surface area contributed by atoms with E-state index >= 15 is 0 Å². The maximum atomic E-state index is 5.00. The number of hydrogen-bond donors (Lipinski definition) is 0. The maximum absolute atomic E-state index is 5.00. The van der Waals surface area contributed by atoms with Crippen LogP contribution in [0.4, 0.5) is 17.1 Å². The second-order valence-electron chi connectivity index (χ2n) is 10.4. The highest BCUT2D eigenvalue weighted by atomic mass is 15.2. The Morgan fingerprint density at radius 2 is 1.20 bits per heavy atom. The van der Waals surface area contributed by atoms with Gasteiger partial charge in [0, 0.05) is 12.1 Å². The molecule has 0 saturated heterocycles. The molecule has 0 radical (unpaired) electrons. The van der Waals surface area contributed by atoms with Crippen LogP contribution in [0.2, 0.25) is 0 Å². The highest BCUT2D eigenvalue weighted by Crippen LogP contribution is 2.48. The van der Waals surface area contributed by atoms with E-state index in [2.05, 4.69) is 150 Å². The van der Waals surface area contributed by atoms with E-state index in [1.54, 1.807) is 0 Å². The fourth-order valence-corrected chi connectivity index (χ4v) is 6.11. The Balaban J connectivity index is 1.26. The van der Waals surface area contributed by atoms with E-state index < -0.39 is 0 Å². The number of nitrogens with zero attached hydrogens (tertiary/aromatic N) is 3. The van der Waals surface area contributed by atoms with Crippen LogP contribution < -0.4 is 4.90 Å². The van der Waals surface area contributed by atoms with Gasteiger partial charge in [0.2, 0.25) is 0 Å². The molecular formula is C37H27N3. The molecule has 0 aliphatic carbocycles. The summed E-state index contributed by atoms with van der Waals surface area (Å²) in [5.74, 6) is 1.09. The van der Waals surface area contributed by atoms with Crippen LogP contribution in [0.3, 0.4) is 0 Å². The van der Waals surface area contributed by atoms with Gasteiger partial charge in [0.25, 0.3) is 0 Å². The van der Waals surface area contributed by atoms with Crippen LogP contribution in [-0.2, 0) is 6.42 Å². The summed E-state index contributed by atoms with van der Waals surface area (Å²) >= 11 is 0. The third-order valence-corrected chi connectivity index (χ3v) is 8.05. The molecule has 0 spiro atoms. The summed E-state index contributed by atoms with van der Waals surface area (Å²) in [6, 6.07) is 48.1. The average Bonchev–Trinajstić information content (AvgIpc) is 3.41. The smallest absolute Gasteiger partial charge is 0.114 e. The van der Waals surface area contributed by atoms with Crippen molar-refractivity contribution in [2.24, 2.45) is 0 Å². The molecule has 7 aromatic rings. The van der Waals surface area contributed by atoms with Crippen molar-refractivity contribution in [3.63, 3.8) is 0 Å². The van der Waals surface area contributed by atoms with E-state index in [9.17, 15) is 0 Å². The average molecular weight is 514 g/mol. The van der Waals surface area contributed by atoms with Crippen molar-refractivity contribution in [3.05, 3.63) is 139 Å². The number of aromatic nitrogens is 2. The van der Waals surface area contributed by atoms with Crippen LogP contribution in [0.1, 0.15) is 12.7 Å². The fourth-order valence-electron chi connectivity index (χ4n) is 6.11. The molecular weight excluding hydrogens is 486 g/mol. The predicted octanol–water partition coefficient (Wildman–Crippen LogP) is 9.86. The summed E-state index contributed by atoms with van der Waals surface area (Å²) in [6.07, 6.45) is 0.872. The molecule has 0 amide bonds. The number of benzene rings is 6. The zero-order chi connectivity index (χ0) is 26.6. The Morgan fingerprint density at radius 1 is 0.525 bits per heavy atom. The predicted molar refractivity (Wildman–Crippen MR) is 167 cm³/mol. The quantitative estimate of drug-likeness (QED) is 0.233. The molecule has 0 N–H and O–H groups in total. The number of para-hydroxylation sites is 2. The molecule has 0 unspecified atom stereocenters. The van der Waals surface area contributed by atoms with Crippen LogP contribution in [0.25, 0.3) is 49.7 Å². The molecule has 40 heavy (non-hydrogen) atoms. The van der Waals surface area contributed by atoms with Gasteiger partial charge in [-0.1, -0.05) is 97.9 Å². The van der Waals surface area contributed by atoms with Crippen molar-refractivity contribution in [1.29, 1.82) is 0 Å². The Bertz CT molecular complexity index is 2040. The Morgan fingerprint density at radius 3 is 1.98 bits per heavy atom. The molecule has 0 fully saturated rings. The second kappa shape index (κ2) is 8.96. The minimum Gasteiger partial charge on any atom is -0.306 e. The zero-order valence-corrected chi connectivity index (χ0v) is 22.3. The topological polar surface area (TPSA) is 21.1 Å². The molecule has 0 bridgehead atoms. The van der Waals surface area contributed by atoms with Crippen molar-refractivity contribution >= 4 is 38.9 Å². The number of aryl methyl sites for hydroxylation is 1. The molecule has 0 atom stereocenters. The Labute approximate surface area is 233 Å². The number of anilines is 3. The van der Waals surface area contributed by atoms with Gasteiger partial charge in [-0.05, 0) is 75.5 Å². The summed E-state index contributed by atoms with van der Waals surface area (Å²) in [5.41, 5.74) is 11.7. The summed E-state index contributed by atoms with van der Waals surface area (Å²) < 4.78 is 2.35. The first-order valence-electron chi connectivity index (χ1n) is 13.9. The standard InChI is InChI=1S/C37H27N3/c1-2-36-38-32-13-8-14-34-37(32)40(36)33-22-21-30(24-35(33)39(34)31-11-4-3-5-12-31)27-17-15-26(16-18-27)29-20-19-25-9-6-7-10-28(25)23-29/h3-24H,2H2,1H3. The van der Waals surface area contributed by atoms with Crippen LogP contribution in [0.5, 0.6) is 0 Å². The normalized spacial score (nSPS) is 12.2. The number of imidazole rings is 1. The lowest BCUT2D eigenvalue weighted by Gasteiger charge is -2.33. The first kappa shape index (κ1) is 22.8. The van der Waals surface area contributed by atoms with Crippen molar-refractivity contribution in [2.45, 2.75) is 13.3 Å². The molecule has 1 aliphatic heterocycles. The Hall–Kier alpha value is -5.15. The van der Waals surface area contributed by atoms with Gasteiger partial charge in [-0.3, -0.25) is 4.57 Å². The van der Waals surface area contributed by atoms with Gasteiger partial charge in [-0.25, -0.2) is 4.98 Å². The summed E-state index contributed by atoms with van der Waals surface area (Å²) in [7, 11) is 0. The van der Waals surface area contributed by atoms with Crippen LogP contribution in [0.15, 0.2) is 133 Å². The summed E-state index contributed by atoms with van der Waals surface area (Å²) in [4.78, 5) is 7.38. The highest BCUT2D eigenvalue weighted by Gasteiger charge is 2.28. The maximum Gasteiger partial charge on any atom is 0.114 e. The molecule has 1 aliphatic rings. The van der Waals surface area contributed by atoms with Crippen LogP contribution in [-0.4, -0.2) is 9.55 Å². The lowest BCUT2D eigenvalue weighted by atomic mass is 9.97. The van der Waals surface area contributed by atoms with Crippen molar-refractivity contribution in [1.82, 2.24) is 9.55 Å². The molecule has 3 heteroatoms. The highest BCUT2D eigenvalue weighted by molar-refractivity contribution is 6.02. The first-order chi connectivity index (χ1) is 19.8. The monoisotopic (exact) mass is 513 g/mol. The van der Waals surface area contributed by atoms with E-state index in [0.717, 1.165) is 34.8 Å². The van der Waals surface area contributed by atoms with Gasteiger partial charge < -0.3 is 4.90 Å². The van der Waals surface area contributed by atoms with Crippen LogP contribution >= 0.6 is 0 Å². The van der Waals surface area contributed by atoms with Gasteiger partial charge >= 0.3 is 0 Å². The van der Waals surface area contributed by atoms with E-state index in [1.165, 1.54) is 44.2 Å². The SMILES string of the molecule is CCc1nc2cccc3c2n1-c1ccc(-c2ccc(-c4ccc5ccccc5c4)cc2)cc1N3c1ccccc1. The van der Waals surface area contributed by atoms with Gasteiger partial charge in [0.15, 0.2) is 0 Å². The largest absolute Gasteiger partial charge is 0.306 e. The first-order valence-corrected chi connectivity index (χ1v) is 13.9. The van der Waals surface area contributed by atoms with Gasteiger partial charge in [-0.2, -0.15) is 0 Å². The molecule has 190 valence electrons. The van der Waals surface area contributed by atoms with E-state index in [-0.39, 0.29) is 0 Å². The number of rotatable bonds is 4. The Kier molecular flexibility index (Phi) is 5.11. The minimum absolute atomic E-state index is 0.872. The number of hydrogen-bond acceptors (Lipinski definition) is 2. The fraction of sp³-hybridized carbons (Fsp3) is 0.0541. The van der Waals surface area contributed by atoms with Gasteiger partial charge in [0.1, 0.15) is 5.82 Å². The van der Waals surface area contributed by atoms with Gasteiger partial charge in [0.05, 0.1) is 28.1 Å². The third kappa shape index (κ3) is 3.48. The minimum atomic E-state index is 0.872. The van der Waals surface area contributed by atoms with E-state index in [1.807, 2.05) is 0 Å². The van der Waals surface area contributed by atoms with Crippen molar-refractivity contribution in [2.75, 3.05) is 4.90 Å². The van der Waals surface area contributed by atoms with Crippen molar-refractivity contribution < 1.29 is 0 Å². The third-order valence-electron chi connectivity index (χ3n) is 8.05. The number of fused-ring (bicyclic) bond motifs is 3. The van der Waals surface area contributed by atoms with Crippen LogP contribution in [0, 0.1) is 0 Å². The lowest BCUT2D eigenvalue weighted by molar-refractivity contribution is 0.900. The van der Waals surface area contributed by atoms with E-state index in [0.29, 0.717) is 0 Å². The van der Waals surface area contributed by atoms with E-state index in [4.69, 9.17) is 4.98 Å². The summed E-state index contributed by atoms with van der Waals surface area (Å²) in [6.45, 7) is 2.18. The zero-order valence-electron chi connectivity index (χ0n) is 22.3. The molecule has 3 nitrogen and oxygen atoms in total. The van der Waals surface area contributed by atoms with Gasteiger partial charge in [-0.15, -0.1) is 0 Å². The lowest BCUT2D eigenvalue weighted by Crippen LogP contribution is -2.19.